The van der Waals surface area contributed by atoms with E-state index in [1.54, 1.807) is 29.1 Å². The van der Waals surface area contributed by atoms with Crippen LogP contribution in [0.3, 0.4) is 0 Å². The van der Waals surface area contributed by atoms with Crippen LogP contribution in [0.15, 0.2) is 67.0 Å². The molecule has 0 fully saturated rings. The third-order valence-corrected chi connectivity index (χ3v) is 6.83. The molecule has 5 rings (SSSR count). The molecule has 0 bridgehead atoms. The maximum atomic E-state index is 11.9. The number of nitrogens with one attached hydrogen (secondary N) is 1. The van der Waals surface area contributed by atoms with Gasteiger partial charge in [-0.15, -0.1) is 5.10 Å². The first-order valence-corrected chi connectivity index (χ1v) is 12.4. The number of aliphatic hydroxyl groups is 1. The molecule has 38 heavy (non-hydrogen) atoms. The highest BCUT2D eigenvalue weighted by molar-refractivity contribution is 6.32. The van der Waals surface area contributed by atoms with Crippen LogP contribution in [0.2, 0.25) is 10.2 Å². The number of benzene rings is 2. The number of hydrogen-bond donors (Lipinski definition) is 3. The van der Waals surface area contributed by atoms with Crippen molar-refractivity contribution in [3.63, 3.8) is 0 Å². The summed E-state index contributed by atoms with van der Waals surface area (Å²) in [5, 5.41) is 24.2. The number of hydroxylamine groups is 1. The van der Waals surface area contributed by atoms with Crippen molar-refractivity contribution < 1.29 is 14.7 Å². The number of nitrogen functional groups attached to an aromatic ring is 1. The molecule has 0 aliphatic carbocycles. The van der Waals surface area contributed by atoms with E-state index < -0.39 is 5.60 Å². The normalized spacial score (nSPS) is 21.0. The minimum atomic E-state index is -1.44. The lowest BCUT2D eigenvalue weighted by atomic mass is 9.93. The number of nitrogens with two attached hydrogens (primary N) is 1. The van der Waals surface area contributed by atoms with Gasteiger partial charge in [-0.2, -0.15) is 4.68 Å². The molecule has 0 saturated heterocycles. The van der Waals surface area contributed by atoms with Crippen LogP contribution in [-0.2, 0) is 10.4 Å². The summed E-state index contributed by atoms with van der Waals surface area (Å²) in [7, 11) is 1.52. The Balaban J connectivity index is 1.56. The van der Waals surface area contributed by atoms with Crippen molar-refractivity contribution in [3.05, 3.63) is 88.6 Å². The highest BCUT2D eigenvalue weighted by Gasteiger charge is 2.40. The second kappa shape index (κ2) is 10.4. The molecule has 0 amide bonds. The number of imidazole rings is 1. The Hall–Kier alpha value is -3.99. The van der Waals surface area contributed by atoms with Crippen molar-refractivity contribution in [2.75, 3.05) is 19.4 Å². The largest absolute Gasteiger partial charge is 0.399 e. The summed E-state index contributed by atoms with van der Waals surface area (Å²) in [6.45, 7) is 4.28. The first-order chi connectivity index (χ1) is 18.3. The molecular formula is C26H25Cl2N8O2+. The second-order valence-corrected chi connectivity index (χ2v) is 9.76. The number of aromatic amines is 1. The summed E-state index contributed by atoms with van der Waals surface area (Å²) >= 11 is 12.9. The van der Waals surface area contributed by atoms with Crippen molar-refractivity contribution in [3.8, 4) is 16.9 Å². The predicted molar refractivity (Wildman–Crippen MR) is 146 cm³/mol. The van der Waals surface area contributed by atoms with E-state index >= 15 is 0 Å². The van der Waals surface area contributed by atoms with E-state index in [0.717, 1.165) is 22.3 Å². The van der Waals surface area contributed by atoms with Crippen LogP contribution >= 0.6 is 23.2 Å². The first-order valence-electron chi connectivity index (χ1n) is 11.7. The zero-order valence-electron chi connectivity index (χ0n) is 20.5. The standard InChI is InChI=1S/C26H25Cl2N8O2/c1-16-9-10-26(37,25-31-23(24(28)32-25)17-3-6-20(29)7-4-17)14-35(38-2)13-18(11-16)21-12-19(27)5-8-22(21)36-15-30-33-34-36/h3-8,11-13,15,37H,1,9-10,14,29H2,2H3,(H,31,32)/q+1/b18-11+,35-13+/t26-/m0/s1. The number of anilines is 1. The molecule has 194 valence electrons. The summed E-state index contributed by atoms with van der Waals surface area (Å²) in [5.74, 6) is 0.318. The number of allylic oxidation sites excluding steroid dienone is 3. The monoisotopic (exact) mass is 551 g/mol. The van der Waals surface area contributed by atoms with Gasteiger partial charge in [-0.1, -0.05) is 47.5 Å². The van der Waals surface area contributed by atoms with Gasteiger partial charge in [0.15, 0.2) is 10.8 Å². The average Bonchev–Trinajstić information content (AvgIpc) is 3.58. The highest BCUT2D eigenvalue weighted by atomic mass is 35.5. The number of nitrogens with zero attached hydrogens (tertiary/aromatic N) is 6. The molecule has 1 aliphatic rings. The lowest BCUT2D eigenvalue weighted by molar-refractivity contribution is -0.784. The molecule has 4 N–H and O–H groups in total. The molecule has 2 aromatic carbocycles. The van der Waals surface area contributed by atoms with Gasteiger partial charge in [-0.25, -0.2) is 4.98 Å². The van der Waals surface area contributed by atoms with Gasteiger partial charge in [0.05, 0.1) is 17.0 Å². The molecule has 0 saturated carbocycles. The Morgan fingerprint density at radius 3 is 2.71 bits per heavy atom. The third-order valence-electron chi connectivity index (χ3n) is 6.32. The van der Waals surface area contributed by atoms with Crippen molar-refractivity contribution in [1.29, 1.82) is 0 Å². The third kappa shape index (κ3) is 5.19. The van der Waals surface area contributed by atoms with E-state index in [4.69, 9.17) is 33.8 Å². The van der Waals surface area contributed by atoms with Crippen LogP contribution in [0.5, 0.6) is 0 Å². The highest BCUT2D eigenvalue weighted by Crippen LogP contribution is 2.35. The van der Waals surface area contributed by atoms with Gasteiger partial charge in [-0.05, 0) is 64.4 Å². The number of rotatable bonds is 5. The van der Waals surface area contributed by atoms with Gasteiger partial charge >= 0.3 is 0 Å². The van der Waals surface area contributed by atoms with Crippen molar-refractivity contribution in [2.45, 2.75) is 18.4 Å². The molecule has 0 radical (unpaired) electrons. The van der Waals surface area contributed by atoms with E-state index in [0.29, 0.717) is 40.8 Å². The van der Waals surface area contributed by atoms with E-state index in [2.05, 4.69) is 32.1 Å². The lowest BCUT2D eigenvalue weighted by Gasteiger charge is -2.22. The van der Waals surface area contributed by atoms with Crippen LogP contribution in [0.1, 0.15) is 24.2 Å². The van der Waals surface area contributed by atoms with Gasteiger partial charge in [-0.3, -0.25) is 4.84 Å². The van der Waals surface area contributed by atoms with Crippen LogP contribution in [0.25, 0.3) is 22.5 Å². The summed E-state index contributed by atoms with van der Waals surface area (Å²) < 4.78 is 3.08. The molecule has 0 unspecified atom stereocenters. The van der Waals surface area contributed by atoms with Crippen LogP contribution in [-0.4, -0.2) is 59.9 Å². The number of aromatic nitrogens is 6. The SMILES string of the molecule is C=C1/C=C(c2cc(Cl)ccc2-n2cnnn2)\C=[N+](\OC)C[C@](O)(c2nc(Cl)c(-c3ccc(N)cc3)[nH]2)CC1. The topological polar surface area (TPSA) is 131 Å². The second-order valence-electron chi connectivity index (χ2n) is 8.97. The number of β-amino-alcohol motifs (C(OH)–C–C–N with tert-alkyl or cyclic N) is 1. The molecular weight excluding hydrogens is 527 g/mol. The Morgan fingerprint density at radius 1 is 1.21 bits per heavy atom. The zero-order chi connectivity index (χ0) is 26.9. The quantitative estimate of drug-likeness (QED) is 0.250. The molecule has 12 heteroatoms. The van der Waals surface area contributed by atoms with Gasteiger partial charge in [0.1, 0.15) is 19.3 Å². The molecule has 3 heterocycles. The minimum Gasteiger partial charge on any atom is -0.399 e. The number of H-pyrrole nitrogens is 1. The fourth-order valence-electron chi connectivity index (χ4n) is 4.32. The molecule has 4 aromatic rings. The first kappa shape index (κ1) is 25.7. The number of halogens is 2. The summed E-state index contributed by atoms with van der Waals surface area (Å²) in [4.78, 5) is 13.4. The fraction of sp³-hybridized carbons (Fsp3) is 0.192. The van der Waals surface area contributed by atoms with Crippen molar-refractivity contribution >= 4 is 40.7 Å². The van der Waals surface area contributed by atoms with Crippen LogP contribution in [0, 0.1) is 0 Å². The maximum Gasteiger partial charge on any atom is 0.228 e. The van der Waals surface area contributed by atoms with Crippen molar-refractivity contribution in [2.24, 2.45) is 0 Å². The maximum absolute atomic E-state index is 11.9. The lowest BCUT2D eigenvalue weighted by Crippen LogP contribution is -2.38. The van der Waals surface area contributed by atoms with Crippen molar-refractivity contribution in [1.82, 2.24) is 30.2 Å². The van der Waals surface area contributed by atoms with Gasteiger partial charge in [0.2, 0.25) is 12.8 Å². The molecule has 1 aliphatic heterocycles. The van der Waals surface area contributed by atoms with Gasteiger partial charge in [0, 0.05) is 21.8 Å². The predicted octanol–water partition coefficient (Wildman–Crippen LogP) is 4.21. The Kier molecular flexibility index (Phi) is 7.02. The molecule has 2 aromatic heterocycles. The van der Waals surface area contributed by atoms with E-state index in [1.807, 2.05) is 30.3 Å². The minimum absolute atomic E-state index is 0.0555. The van der Waals surface area contributed by atoms with Crippen LogP contribution in [0.4, 0.5) is 5.69 Å². The Bertz CT molecular complexity index is 1540. The Labute approximate surface area is 228 Å². The number of tetrazole rings is 1. The van der Waals surface area contributed by atoms with E-state index in [1.165, 1.54) is 18.2 Å². The van der Waals surface area contributed by atoms with E-state index in [-0.39, 0.29) is 11.7 Å². The van der Waals surface area contributed by atoms with Crippen LogP contribution < -0.4 is 5.73 Å². The van der Waals surface area contributed by atoms with Gasteiger partial charge in [0.25, 0.3) is 0 Å². The fourth-order valence-corrected chi connectivity index (χ4v) is 4.73. The average molecular weight is 552 g/mol. The Morgan fingerprint density at radius 2 is 2.00 bits per heavy atom. The summed E-state index contributed by atoms with van der Waals surface area (Å²) in [6.07, 6.45) is 5.98. The van der Waals surface area contributed by atoms with E-state index in [9.17, 15) is 5.11 Å². The van der Waals surface area contributed by atoms with Gasteiger partial charge < -0.3 is 15.8 Å². The molecule has 1 atom stereocenters. The summed E-state index contributed by atoms with van der Waals surface area (Å²) in [6, 6.07) is 12.6. The summed E-state index contributed by atoms with van der Waals surface area (Å²) in [5.41, 5.74) is 9.40. The molecule has 10 nitrogen and oxygen atoms in total. The smallest absolute Gasteiger partial charge is 0.228 e. The zero-order valence-corrected chi connectivity index (χ0v) is 22.0. The number of hydrogen-bond acceptors (Lipinski definition) is 7. The molecule has 0 spiro atoms.